The maximum atomic E-state index is 12.4. The van der Waals surface area contributed by atoms with Gasteiger partial charge >= 0.3 is 11.9 Å². The molecule has 0 aliphatic carbocycles. The number of ether oxygens (including phenoxy) is 2. The highest BCUT2D eigenvalue weighted by Crippen LogP contribution is 2.31. The highest BCUT2D eigenvalue weighted by molar-refractivity contribution is 8.76. The zero-order chi connectivity index (χ0) is 22.1. The van der Waals surface area contributed by atoms with Gasteiger partial charge in [0.25, 0.3) is 0 Å². The molecule has 0 fully saturated rings. The van der Waals surface area contributed by atoms with Gasteiger partial charge in [-0.1, -0.05) is 49.3 Å². The predicted molar refractivity (Wildman–Crippen MR) is 112 cm³/mol. The van der Waals surface area contributed by atoms with Gasteiger partial charge in [-0.3, -0.25) is 9.59 Å². The Hall–Kier alpha value is -1.10. The zero-order valence-electron chi connectivity index (χ0n) is 17.4. The molecule has 0 aromatic rings. The maximum Gasteiger partial charge on any atom is 0.334 e. The second kappa shape index (κ2) is 11.8. The van der Waals surface area contributed by atoms with Gasteiger partial charge in [-0.15, -0.1) is 0 Å². The molecular formula is C18H32N2O6S2. The van der Waals surface area contributed by atoms with Gasteiger partial charge in [-0.25, -0.2) is 9.59 Å². The van der Waals surface area contributed by atoms with Gasteiger partial charge in [-0.05, 0) is 11.8 Å². The van der Waals surface area contributed by atoms with E-state index >= 15 is 0 Å². The van der Waals surface area contributed by atoms with Crippen LogP contribution in [0.15, 0.2) is 0 Å². The number of hydrogen-bond acceptors (Lipinski definition) is 10. The number of carbonyl (C=O) groups is 4. The molecule has 0 aromatic heterocycles. The molecule has 0 radical (unpaired) electrons. The van der Waals surface area contributed by atoms with Crippen LogP contribution in [0.25, 0.3) is 0 Å². The summed E-state index contributed by atoms with van der Waals surface area (Å²) in [7, 11) is 4.49. The molecule has 0 bridgehead atoms. The molecule has 0 rings (SSSR count). The standard InChI is InChI=1S/C18H32N2O6S2/c1-11(2)7-13(21)17(19,15(23)25-5)9-27-28-10-18(20,16(24)26-6)14(22)8-12(3)4/h11-12H,7-10,19-20H2,1-6H3. The lowest BCUT2D eigenvalue weighted by Gasteiger charge is -2.27. The fraction of sp³-hybridized carbons (Fsp3) is 0.778. The molecule has 0 saturated heterocycles. The Morgan fingerprint density at radius 1 is 0.750 bits per heavy atom. The van der Waals surface area contributed by atoms with Crippen molar-refractivity contribution in [3.05, 3.63) is 0 Å². The minimum absolute atomic E-state index is 0.0300. The molecule has 0 aliphatic rings. The van der Waals surface area contributed by atoms with Crippen LogP contribution in [0, 0.1) is 11.8 Å². The van der Waals surface area contributed by atoms with Crippen LogP contribution in [0.4, 0.5) is 0 Å². The van der Waals surface area contributed by atoms with E-state index in [9.17, 15) is 19.2 Å². The third-order valence-corrected chi connectivity index (χ3v) is 6.46. The van der Waals surface area contributed by atoms with Crippen molar-refractivity contribution in [2.45, 2.75) is 51.6 Å². The maximum absolute atomic E-state index is 12.4. The Kier molecular flexibility index (Phi) is 11.3. The predicted octanol–water partition coefficient (Wildman–Crippen LogP) is 1.34. The molecule has 28 heavy (non-hydrogen) atoms. The first-order valence-corrected chi connectivity index (χ1v) is 11.4. The fourth-order valence-corrected chi connectivity index (χ4v) is 4.96. The average Bonchev–Trinajstić information content (AvgIpc) is 2.61. The molecule has 0 amide bonds. The number of rotatable bonds is 13. The van der Waals surface area contributed by atoms with E-state index in [4.69, 9.17) is 20.9 Å². The van der Waals surface area contributed by atoms with Crippen molar-refractivity contribution in [3.8, 4) is 0 Å². The molecule has 0 saturated carbocycles. The van der Waals surface area contributed by atoms with Crippen LogP contribution >= 0.6 is 21.6 Å². The number of ketones is 2. The number of carbonyl (C=O) groups excluding carboxylic acids is 4. The van der Waals surface area contributed by atoms with Crippen LogP contribution in [0.5, 0.6) is 0 Å². The molecule has 2 unspecified atom stereocenters. The lowest BCUT2D eigenvalue weighted by atomic mass is 9.91. The Balaban J connectivity index is 5.16. The van der Waals surface area contributed by atoms with Gasteiger partial charge in [0.2, 0.25) is 0 Å². The van der Waals surface area contributed by atoms with Crippen LogP contribution in [-0.4, -0.2) is 60.3 Å². The Morgan fingerprint density at radius 3 is 1.25 bits per heavy atom. The lowest BCUT2D eigenvalue weighted by molar-refractivity contribution is -0.151. The molecule has 162 valence electrons. The first kappa shape index (κ1) is 26.9. The summed E-state index contributed by atoms with van der Waals surface area (Å²) in [6.07, 6.45) is 0.263. The largest absolute Gasteiger partial charge is 0.467 e. The molecular weight excluding hydrogens is 404 g/mol. The summed E-state index contributed by atoms with van der Waals surface area (Å²) in [6, 6.07) is 0. The minimum atomic E-state index is -1.80. The van der Waals surface area contributed by atoms with E-state index < -0.39 is 34.6 Å². The lowest BCUT2D eigenvalue weighted by Crippen LogP contribution is -2.58. The van der Waals surface area contributed by atoms with Crippen molar-refractivity contribution in [1.82, 2.24) is 0 Å². The van der Waals surface area contributed by atoms with Gasteiger partial charge in [0.05, 0.1) is 14.2 Å². The van der Waals surface area contributed by atoms with Crippen LogP contribution in [0.2, 0.25) is 0 Å². The smallest absolute Gasteiger partial charge is 0.334 e. The Morgan fingerprint density at radius 2 is 1.04 bits per heavy atom. The summed E-state index contributed by atoms with van der Waals surface area (Å²) in [5, 5.41) is 0. The van der Waals surface area contributed by atoms with E-state index in [-0.39, 0.29) is 36.2 Å². The van der Waals surface area contributed by atoms with Crippen molar-refractivity contribution in [1.29, 1.82) is 0 Å². The van der Waals surface area contributed by atoms with E-state index in [2.05, 4.69) is 0 Å². The van der Waals surface area contributed by atoms with Gasteiger partial charge in [0, 0.05) is 24.3 Å². The quantitative estimate of drug-likeness (QED) is 0.188. The molecule has 0 spiro atoms. The van der Waals surface area contributed by atoms with Gasteiger partial charge in [0.15, 0.2) is 22.6 Å². The summed E-state index contributed by atoms with van der Waals surface area (Å²) < 4.78 is 9.39. The SMILES string of the molecule is COC(=O)C(N)(CSSCC(N)(C(=O)CC(C)C)C(=O)OC)C(=O)CC(C)C. The topological polar surface area (TPSA) is 139 Å². The fourth-order valence-electron chi connectivity index (χ4n) is 2.25. The first-order chi connectivity index (χ1) is 12.8. The van der Waals surface area contributed by atoms with Crippen LogP contribution in [0.1, 0.15) is 40.5 Å². The third-order valence-electron chi connectivity index (χ3n) is 3.94. The molecule has 8 nitrogen and oxygen atoms in total. The van der Waals surface area contributed by atoms with Crippen molar-refractivity contribution in [3.63, 3.8) is 0 Å². The summed E-state index contributed by atoms with van der Waals surface area (Å²) in [4.78, 5) is 49.1. The van der Waals surface area contributed by atoms with Crippen LogP contribution < -0.4 is 11.5 Å². The summed E-state index contributed by atoms with van der Waals surface area (Å²) in [5.41, 5.74) is 8.51. The Bertz CT molecular complexity index is 534. The van der Waals surface area contributed by atoms with E-state index in [1.165, 1.54) is 0 Å². The van der Waals surface area contributed by atoms with E-state index in [1.54, 1.807) is 0 Å². The molecule has 10 heteroatoms. The van der Waals surface area contributed by atoms with E-state index in [0.717, 1.165) is 35.8 Å². The molecule has 0 heterocycles. The zero-order valence-corrected chi connectivity index (χ0v) is 19.0. The number of nitrogens with two attached hydrogens (primary N) is 2. The highest BCUT2D eigenvalue weighted by Gasteiger charge is 2.45. The van der Waals surface area contributed by atoms with E-state index in [1.807, 2.05) is 27.7 Å². The molecule has 2 atom stereocenters. The molecule has 4 N–H and O–H groups in total. The number of Topliss-reactive ketones (excluding diaryl/α,β-unsaturated/α-hetero) is 2. The first-order valence-electron chi connectivity index (χ1n) is 8.90. The van der Waals surface area contributed by atoms with Gasteiger partial charge in [-0.2, -0.15) is 0 Å². The van der Waals surface area contributed by atoms with Crippen molar-refractivity contribution in [2.24, 2.45) is 23.3 Å². The van der Waals surface area contributed by atoms with Crippen molar-refractivity contribution < 1.29 is 28.7 Å². The highest BCUT2D eigenvalue weighted by atomic mass is 33.1. The van der Waals surface area contributed by atoms with Gasteiger partial charge < -0.3 is 20.9 Å². The van der Waals surface area contributed by atoms with Crippen LogP contribution in [0.3, 0.4) is 0 Å². The van der Waals surface area contributed by atoms with Gasteiger partial charge in [0.1, 0.15) is 0 Å². The summed E-state index contributed by atoms with van der Waals surface area (Å²) >= 11 is 0. The third kappa shape index (κ3) is 7.38. The second-order valence-electron chi connectivity index (χ2n) is 7.49. The molecule has 0 aromatic carbocycles. The second-order valence-corrected chi connectivity index (χ2v) is 9.96. The number of hydrogen-bond donors (Lipinski definition) is 2. The average molecular weight is 437 g/mol. The van der Waals surface area contributed by atoms with E-state index in [0.29, 0.717) is 0 Å². The minimum Gasteiger partial charge on any atom is -0.467 e. The monoisotopic (exact) mass is 436 g/mol. The Labute approximate surface area is 174 Å². The number of methoxy groups -OCH3 is 2. The van der Waals surface area contributed by atoms with Crippen molar-refractivity contribution in [2.75, 3.05) is 25.7 Å². The number of esters is 2. The summed E-state index contributed by atoms with van der Waals surface area (Å²) in [6.45, 7) is 7.38. The van der Waals surface area contributed by atoms with Crippen LogP contribution in [-0.2, 0) is 28.7 Å². The summed E-state index contributed by atoms with van der Waals surface area (Å²) in [5.74, 6) is -2.60. The molecule has 0 aliphatic heterocycles. The van der Waals surface area contributed by atoms with Crippen molar-refractivity contribution >= 4 is 45.1 Å². The normalized spacial score (nSPS) is 15.6.